The second-order valence-corrected chi connectivity index (χ2v) is 11.5. The van der Waals surface area contributed by atoms with E-state index in [1.54, 1.807) is 0 Å². The van der Waals surface area contributed by atoms with Crippen LogP contribution in [0.2, 0.25) is 30.1 Å². The number of Topliss-reactive ketones (excluding diaryl/α,β-unsaturated/α-hetero) is 1. The molecular weight excluding hydrogens is 715 g/mol. The zero-order chi connectivity index (χ0) is 32.7. The fraction of sp³-hybridized carbons (Fsp3) is 0.0345. The molecule has 0 N–H and O–H groups in total. The van der Waals surface area contributed by atoms with E-state index in [-0.39, 0.29) is 47.0 Å². The maximum atomic E-state index is 13.8. The van der Waals surface area contributed by atoms with E-state index in [9.17, 15) is 29.3 Å². The van der Waals surface area contributed by atoms with Gasteiger partial charge in [0, 0.05) is 23.3 Å². The second-order valence-electron chi connectivity index (χ2n) is 9.22. The number of ketones is 1. The highest BCUT2D eigenvalue weighted by Gasteiger charge is 2.46. The Balaban J connectivity index is 1.47. The molecule has 0 saturated carbocycles. The van der Waals surface area contributed by atoms with Gasteiger partial charge in [-0.25, -0.2) is 5.01 Å². The lowest BCUT2D eigenvalue weighted by Gasteiger charge is -2.29. The topological polar surface area (TPSA) is 127 Å². The van der Waals surface area contributed by atoms with E-state index in [0.717, 1.165) is 0 Å². The Morgan fingerprint density at radius 3 is 1.69 bits per heavy atom. The summed E-state index contributed by atoms with van der Waals surface area (Å²) in [7, 11) is 0. The minimum atomic E-state index is -1.08. The summed E-state index contributed by atoms with van der Waals surface area (Å²) < 4.78 is 5.67. The highest BCUT2D eigenvalue weighted by molar-refractivity contribution is 6.55. The zero-order valence-corrected chi connectivity index (χ0v) is 26.6. The van der Waals surface area contributed by atoms with Gasteiger partial charge in [-0.15, -0.1) is 0 Å². The van der Waals surface area contributed by atoms with Crippen LogP contribution in [0.3, 0.4) is 0 Å². The maximum absolute atomic E-state index is 13.8. The average Bonchev–Trinajstić information content (AvgIpc) is 3.28. The van der Waals surface area contributed by atoms with Crippen molar-refractivity contribution in [3.8, 4) is 11.5 Å². The Morgan fingerprint density at radius 2 is 1.20 bits per heavy atom. The van der Waals surface area contributed by atoms with Crippen LogP contribution in [0.25, 0.3) is 0 Å². The number of nitro benzene ring substituents is 1. The number of halogens is 6. The van der Waals surface area contributed by atoms with Crippen LogP contribution in [0, 0.1) is 10.1 Å². The molecule has 1 aliphatic heterocycles. The Labute approximate surface area is 283 Å². The first kappa shape index (κ1) is 32.5. The molecule has 16 heteroatoms. The summed E-state index contributed by atoms with van der Waals surface area (Å²) in [6.07, 6.45) is 0. The summed E-state index contributed by atoms with van der Waals surface area (Å²) in [6, 6.07) is 14.9. The molecule has 0 unspecified atom stereocenters. The Hall–Kier alpha value is -3.90. The van der Waals surface area contributed by atoms with Gasteiger partial charge in [0.2, 0.25) is 0 Å². The van der Waals surface area contributed by atoms with Crippen molar-refractivity contribution in [3.63, 3.8) is 0 Å². The van der Waals surface area contributed by atoms with E-state index in [2.05, 4.69) is 0 Å². The van der Waals surface area contributed by atoms with Crippen LogP contribution in [-0.2, 0) is 0 Å². The summed E-state index contributed by atoms with van der Waals surface area (Å²) in [5, 5.41) is 10.8. The van der Waals surface area contributed by atoms with Gasteiger partial charge in [0.05, 0.1) is 46.2 Å². The third kappa shape index (κ3) is 6.17. The fourth-order valence-corrected chi connectivity index (χ4v) is 5.59. The van der Waals surface area contributed by atoms with E-state index in [1.807, 2.05) is 0 Å². The number of benzene rings is 4. The largest absolute Gasteiger partial charge is 0.457 e. The third-order valence-electron chi connectivity index (χ3n) is 6.47. The predicted octanol–water partition coefficient (Wildman–Crippen LogP) is 8.84. The first-order chi connectivity index (χ1) is 21.3. The normalized spacial score (nSPS) is 12.3. The van der Waals surface area contributed by atoms with Gasteiger partial charge in [-0.1, -0.05) is 69.6 Å². The molecule has 0 saturated heterocycles. The molecule has 228 valence electrons. The van der Waals surface area contributed by atoms with Crippen LogP contribution in [0.4, 0.5) is 5.69 Å². The van der Waals surface area contributed by atoms with Crippen molar-refractivity contribution in [1.29, 1.82) is 0 Å². The number of nitro groups is 1. The van der Waals surface area contributed by atoms with Crippen molar-refractivity contribution in [2.45, 2.75) is 0 Å². The summed E-state index contributed by atoms with van der Waals surface area (Å²) in [4.78, 5) is 64.8. The van der Waals surface area contributed by atoms with Gasteiger partial charge in [-0.2, -0.15) is 5.01 Å². The van der Waals surface area contributed by atoms with Crippen LogP contribution < -0.4 is 4.74 Å². The van der Waals surface area contributed by atoms with Crippen LogP contribution >= 0.6 is 69.6 Å². The molecule has 0 bridgehead atoms. The zero-order valence-electron chi connectivity index (χ0n) is 22.0. The van der Waals surface area contributed by atoms with Gasteiger partial charge in [0.15, 0.2) is 5.78 Å². The van der Waals surface area contributed by atoms with Gasteiger partial charge < -0.3 is 4.74 Å². The van der Waals surface area contributed by atoms with Gasteiger partial charge in [0.25, 0.3) is 23.4 Å². The number of non-ortho nitro benzene ring substituents is 1. The summed E-state index contributed by atoms with van der Waals surface area (Å²) in [5.74, 6) is -3.19. The van der Waals surface area contributed by atoms with Gasteiger partial charge in [-0.3, -0.25) is 29.3 Å². The lowest BCUT2D eigenvalue weighted by atomic mass is 10.1. The molecule has 1 heterocycles. The van der Waals surface area contributed by atoms with Crippen LogP contribution in [0.15, 0.2) is 66.7 Å². The van der Waals surface area contributed by atoms with Crippen molar-refractivity contribution in [3.05, 3.63) is 129 Å². The smallest absolute Gasteiger partial charge is 0.282 e. The number of imide groups is 1. The van der Waals surface area contributed by atoms with E-state index >= 15 is 0 Å². The number of carbonyl (C=O) groups excluding carboxylic acids is 4. The summed E-state index contributed by atoms with van der Waals surface area (Å²) >= 11 is 36.8. The Bertz CT molecular complexity index is 1890. The molecule has 0 spiro atoms. The minimum Gasteiger partial charge on any atom is -0.457 e. The van der Waals surface area contributed by atoms with Crippen molar-refractivity contribution >= 4 is 98.8 Å². The minimum absolute atomic E-state index is 0.00409. The van der Waals surface area contributed by atoms with Crippen LogP contribution in [0.5, 0.6) is 11.5 Å². The molecule has 0 fully saturated rings. The number of hydrazine groups is 1. The van der Waals surface area contributed by atoms with Crippen molar-refractivity contribution in [2.75, 3.05) is 6.54 Å². The van der Waals surface area contributed by atoms with Crippen molar-refractivity contribution < 1.29 is 28.8 Å². The van der Waals surface area contributed by atoms with E-state index in [1.165, 1.54) is 66.7 Å². The van der Waals surface area contributed by atoms with E-state index < -0.39 is 46.1 Å². The lowest BCUT2D eigenvalue weighted by Crippen LogP contribution is -2.51. The molecule has 4 aromatic carbocycles. The van der Waals surface area contributed by atoms with E-state index in [4.69, 9.17) is 74.3 Å². The Morgan fingerprint density at radius 1 is 0.711 bits per heavy atom. The summed E-state index contributed by atoms with van der Waals surface area (Å²) in [5.41, 5.74) is -0.927. The highest BCUT2D eigenvalue weighted by Crippen LogP contribution is 2.45. The number of hydrogen-bond donors (Lipinski definition) is 0. The van der Waals surface area contributed by atoms with Gasteiger partial charge in [0.1, 0.15) is 18.0 Å². The fourth-order valence-electron chi connectivity index (χ4n) is 4.28. The van der Waals surface area contributed by atoms with Gasteiger partial charge >= 0.3 is 0 Å². The van der Waals surface area contributed by atoms with Crippen molar-refractivity contribution in [2.24, 2.45) is 0 Å². The first-order valence-corrected chi connectivity index (χ1v) is 14.6. The molecular formula is C29H13Cl6N3O7. The highest BCUT2D eigenvalue weighted by atomic mass is 35.5. The molecule has 5 rings (SSSR count). The predicted molar refractivity (Wildman–Crippen MR) is 168 cm³/mol. The lowest BCUT2D eigenvalue weighted by molar-refractivity contribution is -0.384. The molecule has 10 nitrogen and oxygen atoms in total. The second kappa shape index (κ2) is 12.8. The van der Waals surface area contributed by atoms with E-state index in [0.29, 0.717) is 21.5 Å². The number of hydrogen-bond acceptors (Lipinski definition) is 7. The molecule has 0 aromatic heterocycles. The monoisotopic (exact) mass is 725 g/mol. The Kier molecular flexibility index (Phi) is 9.27. The number of ether oxygens (including phenoxy) is 1. The quantitative estimate of drug-likeness (QED) is 0.0443. The third-order valence-corrected chi connectivity index (χ3v) is 9.02. The molecule has 45 heavy (non-hydrogen) atoms. The molecule has 1 aliphatic rings. The number of fused-ring (bicyclic) bond motifs is 1. The maximum Gasteiger partial charge on any atom is 0.282 e. The first-order valence-electron chi connectivity index (χ1n) is 12.4. The van der Waals surface area contributed by atoms with Crippen LogP contribution in [-0.4, -0.2) is 45.0 Å². The molecule has 0 aliphatic carbocycles. The average molecular weight is 728 g/mol. The summed E-state index contributed by atoms with van der Waals surface area (Å²) in [6.45, 7) is -0.802. The van der Waals surface area contributed by atoms with Crippen molar-refractivity contribution in [1.82, 2.24) is 10.0 Å². The number of amides is 3. The molecule has 0 atom stereocenters. The van der Waals surface area contributed by atoms with Crippen LogP contribution in [0.1, 0.15) is 41.4 Å². The molecule has 3 amide bonds. The molecule has 4 aromatic rings. The molecule has 0 radical (unpaired) electrons. The SMILES string of the molecule is O=C(CN(C(=O)c1ccc(Cl)c(Cl)c1)N1C(=O)c2c(Cl)c(Cl)c(Cl)c(Cl)c2C1=O)c1ccc(Oc2ccc([N+](=O)[O-])cc2)cc1. The van der Waals surface area contributed by atoms with Gasteiger partial charge in [-0.05, 0) is 54.6 Å². The number of rotatable bonds is 8. The standard InChI is InChI=1S/C29H13Cl6N3O7/c30-18-10-3-14(11-19(18)31)27(40)36(37-28(41)21-22(29(37)42)24(33)26(35)25(34)23(21)32)12-20(39)13-1-6-16(7-2-13)45-17-8-4-15(5-9-17)38(43)44/h1-11H,12H2. The number of nitrogens with zero attached hydrogens (tertiary/aromatic N) is 3. The number of carbonyl (C=O) groups is 4.